The van der Waals surface area contributed by atoms with Crippen molar-refractivity contribution >= 4 is 21.9 Å². The summed E-state index contributed by atoms with van der Waals surface area (Å²) in [5, 5.41) is 2.95. The van der Waals surface area contributed by atoms with Crippen molar-refractivity contribution in [1.82, 2.24) is 9.62 Å². The molecule has 7 nitrogen and oxygen atoms in total. The third-order valence-corrected chi connectivity index (χ3v) is 8.44. The Morgan fingerprint density at radius 1 is 1.06 bits per heavy atom. The lowest BCUT2D eigenvalue weighted by molar-refractivity contribution is -0.125. The number of hydrogen-bond acceptors (Lipinski definition) is 5. The van der Waals surface area contributed by atoms with E-state index < -0.39 is 22.6 Å². The van der Waals surface area contributed by atoms with E-state index in [4.69, 9.17) is 4.74 Å². The largest absolute Gasteiger partial charge is 0.452 e. The number of sulfonamides is 1. The first-order valence-electron chi connectivity index (χ1n) is 11.5. The molecule has 0 spiro atoms. The Bertz CT molecular complexity index is 1140. The number of carbonyl (C=O) groups is 2. The standard InChI is InChI=1S/C25H30N2O5S/c1-18-12-13-20(16-23(18)33(30,31)27-14-5-2-6-15-27)25(29)32-17-24(28)26-22-11-7-9-19-8-3-4-10-21(19)22/h3-4,8,10,12-13,16,22H,2,5-7,9,11,14-15,17H2,1H3,(H,26,28). The number of benzene rings is 2. The van der Waals surface area contributed by atoms with Gasteiger partial charge in [0.15, 0.2) is 6.61 Å². The summed E-state index contributed by atoms with van der Waals surface area (Å²) in [6.45, 7) is 2.27. The normalized spacial score (nSPS) is 18.9. The number of fused-ring (bicyclic) bond motifs is 1. The number of aryl methyl sites for hydroxylation is 2. The molecule has 1 fully saturated rings. The molecule has 1 saturated heterocycles. The molecule has 8 heteroatoms. The summed E-state index contributed by atoms with van der Waals surface area (Å²) in [7, 11) is -3.68. The molecule has 0 bridgehead atoms. The minimum absolute atomic E-state index is 0.0955. The van der Waals surface area contributed by atoms with Crippen LogP contribution in [0.25, 0.3) is 0 Å². The minimum atomic E-state index is -3.68. The number of carbonyl (C=O) groups excluding carboxylic acids is 2. The molecular formula is C25H30N2O5S. The number of nitrogens with one attached hydrogen (secondary N) is 1. The van der Waals surface area contributed by atoms with Gasteiger partial charge in [-0.3, -0.25) is 4.79 Å². The average molecular weight is 471 g/mol. The molecule has 1 unspecified atom stereocenters. The van der Waals surface area contributed by atoms with Gasteiger partial charge in [-0.1, -0.05) is 36.8 Å². The number of piperidine rings is 1. The lowest BCUT2D eigenvalue weighted by Crippen LogP contribution is -2.36. The zero-order valence-electron chi connectivity index (χ0n) is 18.9. The summed E-state index contributed by atoms with van der Waals surface area (Å²) < 4.78 is 32.9. The summed E-state index contributed by atoms with van der Waals surface area (Å²) in [6.07, 6.45) is 5.51. The van der Waals surface area contributed by atoms with Gasteiger partial charge in [-0.2, -0.15) is 4.31 Å². The van der Waals surface area contributed by atoms with Gasteiger partial charge in [-0.25, -0.2) is 13.2 Å². The van der Waals surface area contributed by atoms with Gasteiger partial charge in [0.25, 0.3) is 5.91 Å². The summed E-state index contributed by atoms with van der Waals surface area (Å²) in [6, 6.07) is 12.4. The Morgan fingerprint density at radius 2 is 1.82 bits per heavy atom. The van der Waals surface area contributed by atoms with Crippen LogP contribution in [0.2, 0.25) is 0 Å². The first-order chi connectivity index (χ1) is 15.9. The second-order valence-electron chi connectivity index (χ2n) is 8.73. The molecule has 33 heavy (non-hydrogen) atoms. The molecule has 2 aromatic rings. The quantitative estimate of drug-likeness (QED) is 0.652. The maximum absolute atomic E-state index is 13.1. The van der Waals surface area contributed by atoms with Crippen LogP contribution < -0.4 is 5.32 Å². The molecule has 1 aliphatic heterocycles. The average Bonchev–Trinajstić information content (AvgIpc) is 2.83. The third-order valence-electron chi connectivity index (χ3n) is 6.40. The van der Waals surface area contributed by atoms with Crippen molar-refractivity contribution in [1.29, 1.82) is 0 Å². The number of nitrogens with zero attached hydrogens (tertiary/aromatic N) is 1. The highest BCUT2D eigenvalue weighted by Gasteiger charge is 2.28. The van der Waals surface area contributed by atoms with Crippen molar-refractivity contribution in [2.75, 3.05) is 19.7 Å². The van der Waals surface area contributed by atoms with Gasteiger partial charge < -0.3 is 10.1 Å². The fourth-order valence-corrected chi connectivity index (χ4v) is 6.37. The van der Waals surface area contributed by atoms with Gasteiger partial charge in [0.1, 0.15) is 0 Å². The lowest BCUT2D eigenvalue weighted by atomic mass is 9.88. The smallest absolute Gasteiger partial charge is 0.338 e. The van der Waals surface area contributed by atoms with E-state index in [0.717, 1.165) is 44.1 Å². The molecule has 0 radical (unpaired) electrons. The molecule has 1 amide bonds. The first kappa shape index (κ1) is 23.4. The van der Waals surface area contributed by atoms with Crippen LogP contribution in [0.5, 0.6) is 0 Å². The Labute approximate surface area is 195 Å². The van der Waals surface area contributed by atoms with Crippen molar-refractivity contribution < 1.29 is 22.7 Å². The molecule has 0 aromatic heterocycles. The zero-order chi connectivity index (χ0) is 23.4. The lowest BCUT2D eigenvalue weighted by Gasteiger charge is -2.26. The Balaban J connectivity index is 1.40. The second-order valence-corrected chi connectivity index (χ2v) is 10.6. The predicted molar refractivity (Wildman–Crippen MR) is 124 cm³/mol. The van der Waals surface area contributed by atoms with Crippen LogP contribution in [-0.4, -0.2) is 44.3 Å². The van der Waals surface area contributed by atoms with Crippen LogP contribution in [0.1, 0.15) is 65.2 Å². The van der Waals surface area contributed by atoms with Gasteiger partial charge in [0.2, 0.25) is 10.0 Å². The fraction of sp³-hybridized carbons (Fsp3) is 0.440. The van der Waals surface area contributed by atoms with Crippen LogP contribution >= 0.6 is 0 Å². The minimum Gasteiger partial charge on any atom is -0.452 e. The Kier molecular flexibility index (Phi) is 7.14. The second kappa shape index (κ2) is 10.1. The number of esters is 1. The van der Waals surface area contributed by atoms with Crippen molar-refractivity contribution in [3.63, 3.8) is 0 Å². The van der Waals surface area contributed by atoms with E-state index >= 15 is 0 Å². The molecule has 1 N–H and O–H groups in total. The summed E-state index contributed by atoms with van der Waals surface area (Å²) in [5.74, 6) is -1.09. The van der Waals surface area contributed by atoms with E-state index in [-0.39, 0.29) is 22.4 Å². The van der Waals surface area contributed by atoms with Crippen molar-refractivity contribution in [3.05, 3.63) is 64.7 Å². The third kappa shape index (κ3) is 5.28. The van der Waals surface area contributed by atoms with Gasteiger partial charge in [-0.05, 0) is 67.9 Å². The van der Waals surface area contributed by atoms with E-state index in [0.29, 0.717) is 18.7 Å². The molecule has 176 valence electrons. The highest BCUT2D eigenvalue weighted by atomic mass is 32.2. The molecule has 1 aliphatic carbocycles. The number of ether oxygens (including phenoxy) is 1. The van der Waals surface area contributed by atoms with Gasteiger partial charge in [0, 0.05) is 13.1 Å². The van der Waals surface area contributed by atoms with Gasteiger partial charge in [-0.15, -0.1) is 0 Å². The molecule has 4 rings (SSSR count). The molecule has 2 aliphatic rings. The maximum atomic E-state index is 13.1. The van der Waals surface area contributed by atoms with E-state index in [9.17, 15) is 18.0 Å². The molecule has 1 atom stereocenters. The van der Waals surface area contributed by atoms with E-state index in [1.165, 1.54) is 22.0 Å². The Hall–Kier alpha value is -2.71. The number of amides is 1. The zero-order valence-corrected chi connectivity index (χ0v) is 19.7. The van der Waals surface area contributed by atoms with Crippen molar-refractivity contribution in [3.8, 4) is 0 Å². The van der Waals surface area contributed by atoms with Crippen LogP contribution in [0.15, 0.2) is 47.4 Å². The SMILES string of the molecule is Cc1ccc(C(=O)OCC(=O)NC2CCCc3ccccc32)cc1S(=O)(=O)N1CCCCC1. The van der Waals surface area contributed by atoms with Crippen LogP contribution in [0.3, 0.4) is 0 Å². The molecule has 2 aromatic carbocycles. The maximum Gasteiger partial charge on any atom is 0.338 e. The van der Waals surface area contributed by atoms with Crippen LogP contribution in [0, 0.1) is 6.92 Å². The van der Waals surface area contributed by atoms with Crippen molar-refractivity contribution in [2.45, 2.75) is 56.4 Å². The molecule has 1 heterocycles. The van der Waals surface area contributed by atoms with E-state index in [2.05, 4.69) is 11.4 Å². The van der Waals surface area contributed by atoms with E-state index in [1.807, 2.05) is 18.2 Å². The van der Waals surface area contributed by atoms with E-state index in [1.54, 1.807) is 13.0 Å². The Morgan fingerprint density at radius 3 is 2.61 bits per heavy atom. The number of hydrogen-bond donors (Lipinski definition) is 1. The molecule has 0 saturated carbocycles. The monoisotopic (exact) mass is 470 g/mol. The summed E-state index contributed by atoms with van der Waals surface area (Å²) in [4.78, 5) is 25.2. The predicted octanol–water partition coefficient (Wildman–Crippen LogP) is 3.52. The summed E-state index contributed by atoms with van der Waals surface area (Å²) in [5.41, 5.74) is 3.03. The van der Waals surface area contributed by atoms with Crippen LogP contribution in [0.4, 0.5) is 0 Å². The first-order valence-corrected chi connectivity index (χ1v) is 13.0. The topological polar surface area (TPSA) is 92.8 Å². The van der Waals surface area contributed by atoms with Gasteiger partial charge in [0.05, 0.1) is 16.5 Å². The van der Waals surface area contributed by atoms with Gasteiger partial charge >= 0.3 is 5.97 Å². The summed E-state index contributed by atoms with van der Waals surface area (Å²) >= 11 is 0. The molecular weight excluding hydrogens is 440 g/mol. The number of rotatable bonds is 6. The highest BCUT2D eigenvalue weighted by molar-refractivity contribution is 7.89. The van der Waals surface area contributed by atoms with Crippen molar-refractivity contribution in [2.24, 2.45) is 0 Å². The fourth-order valence-electron chi connectivity index (χ4n) is 4.60. The van der Waals surface area contributed by atoms with Crippen LogP contribution in [-0.2, 0) is 26.0 Å². The highest BCUT2D eigenvalue weighted by Crippen LogP contribution is 2.29.